The van der Waals surface area contributed by atoms with Gasteiger partial charge in [-0.3, -0.25) is 14.7 Å². The van der Waals surface area contributed by atoms with Crippen LogP contribution in [0.15, 0.2) is 70.2 Å². The number of anilines is 2. The lowest BCUT2D eigenvalue weighted by molar-refractivity contribution is 0.375. The topological polar surface area (TPSA) is 87.0 Å². The highest BCUT2D eigenvalue weighted by Crippen LogP contribution is 2.43. The van der Waals surface area contributed by atoms with Gasteiger partial charge in [0, 0.05) is 34.7 Å². The maximum absolute atomic E-state index is 13.0. The molecule has 3 heterocycles. The number of hydrogen-bond donors (Lipinski definition) is 3. The Morgan fingerprint density at radius 2 is 1.72 bits per heavy atom. The van der Waals surface area contributed by atoms with Crippen LogP contribution in [0.2, 0.25) is 10.0 Å². The van der Waals surface area contributed by atoms with Gasteiger partial charge < -0.3 is 11.1 Å². The molecule has 2 aliphatic rings. The molecule has 6 nitrogen and oxygen atoms in total. The molecule has 3 aromatic rings. The molecule has 1 unspecified atom stereocenters. The van der Waals surface area contributed by atoms with Crippen molar-refractivity contribution in [3.63, 3.8) is 0 Å². The molecule has 1 atom stereocenters. The average Bonchev–Trinajstić information content (AvgIpc) is 2.75. The number of nitrogen functional groups attached to an aromatic ring is 1. The molecule has 0 fully saturated rings. The smallest absolute Gasteiger partial charge is 0.258 e. The van der Waals surface area contributed by atoms with Crippen LogP contribution in [0.1, 0.15) is 22.6 Å². The van der Waals surface area contributed by atoms with Gasteiger partial charge in [0.05, 0.1) is 5.56 Å². The molecule has 2 aromatic carbocycles. The monoisotopic (exact) mass is 465 g/mol. The SMILES string of the molecule is CN1CC2=C(Nc3nc(N)[nH]c(=O)c3C2c2ccc(Cl)cc2)/C(=C\c2ccc(Cl)cc2)C1. The van der Waals surface area contributed by atoms with Gasteiger partial charge in [-0.05, 0) is 59.7 Å². The Morgan fingerprint density at radius 3 is 2.41 bits per heavy atom. The predicted octanol–water partition coefficient (Wildman–Crippen LogP) is 4.50. The summed E-state index contributed by atoms with van der Waals surface area (Å²) in [7, 11) is 2.07. The van der Waals surface area contributed by atoms with Crippen molar-refractivity contribution in [1.82, 2.24) is 14.9 Å². The summed E-state index contributed by atoms with van der Waals surface area (Å²) in [6.07, 6.45) is 2.13. The molecule has 2 aliphatic heterocycles. The number of aromatic amines is 1. The molecule has 0 spiro atoms. The zero-order chi connectivity index (χ0) is 22.4. The standard InChI is InChI=1S/C24H21Cl2N5O/c1-31-11-15(10-13-2-6-16(25)7-3-13)21-18(12-31)19(14-4-8-17(26)9-5-14)20-22(28-21)29-24(27)30-23(20)32/h2-10,19H,11-12H2,1H3,(H4,27,28,29,30,32)/b15-10-. The number of nitrogens with zero attached hydrogens (tertiary/aromatic N) is 2. The first-order chi connectivity index (χ1) is 15.4. The van der Waals surface area contributed by atoms with E-state index in [9.17, 15) is 4.79 Å². The van der Waals surface area contributed by atoms with Crippen LogP contribution in [0.25, 0.3) is 6.08 Å². The summed E-state index contributed by atoms with van der Waals surface area (Å²) in [6, 6.07) is 15.3. The van der Waals surface area contributed by atoms with E-state index in [1.54, 1.807) is 0 Å². The Balaban J connectivity index is 1.72. The second-order valence-corrected chi connectivity index (χ2v) is 8.99. The highest BCUT2D eigenvalue weighted by atomic mass is 35.5. The van der Waals surface area contributed by atoms with E-state index in [-0.39, 0.29) is 17.4 Å². The van der Waals surface area contributed by atoms with Crippen LogP contribution >= 0.6 is 23.2 Å². The zero-order valence-electron chi connectivity index (χ0n) is 17.3. The van der Waals surface area contributed by atoms with Gasteiger partial charge in [0.2, 0.25) is 5.95 Å². The quantitative estimate of drug-likeness (QED) is 0.518. The maximum Gasteiger partial charge on any atom is 0.258 e. The number of aromatic nitrogens is 2. The molecule has 4 N–H and O–H groups in total. The molecule has 32 heavy (non-hydrogen) atoms. The second-order valence-electron chi connectivity index (χ2n) is 8.12. The Hall–Kier alpha value is -3.06. The number of halogens is 2. The van der Waals surface area contributed by atoms with E-state index in [0.717, 1.165) is 34.5 Å². The molecule has 0 aliphatic carbocycles. The summed E-state index contributed by atoms with van der Waals surface area (Å²) < 4.78 is 0. The zero-order valence-corrected chi connectivity index (χ0v) is 18.8. The van der Waals surface area contributed by atoms with Crippen molar-refractivity contribution in [2.45, 2.75) is 5.92 Å². The predicted molar refractivity (Wildman–Crippen MR) is 130 cm³/mol. The van der Waals surface area contributed by atoms with Gasteiger partial charge in [-0.25, -0.2) is 0 Å². The Labute approximate surface area is 195 Å². The second kappa shape index (κ2) is 8.13. The number of nitrogens with two attached hydrogens (primary N) is 1. The first-order valence-electron chi connectivity index (χ1n) is 10.2. The van der Waals surface area contributed by atoms with E-state index in [2.05, 4.69) is 33.3 Å². The van der Waals surface area contributed by atoms with Crippen LogP contribution in [-0.2, 0) is 0 Å². The van der Waals surface area contributed by atoms with Crippen molar-refractivity contribution < 1.29 is 0 Å². The molecule has 1 aromatic heterocycles. The lowest BCUT2D eigenvalue weighted by Crippen LogP contribution is -2.38. The first kappa shape index (κ1) is 20.8. The van der Waals surface area contributed by atoms with Crippen LogP contribution < -0.4 is 16.6 Å². The van der Waals surface area contributed by atoms with Crippen LogP contribution in [-0.4, -0.2) is 35.0 Å². The van der Waals surface area contributed by atoms with Crippen LogP contribution in [0.5, 0.6) is 0 Å². The molecule has 162 valence electrons. The van der Waals surface area contributed by atoms with Gasteiger partial charge in [-0.15, -0.1) is 0 Å². The molecule has 0 saturated heterocycles. The number of hydrogen-bond acceptors (Lipinski definition) is 5. The van der Waals surface area contributed by atoms with Gasteiger partial charge in [-0.2, -0.15) is 4.98 Å². The Bertz CT molecular complexity index is 1310. The lowest BCUT2D eigenvalue weighted by Gasteiger charge is -2.38. The van der Waals surface area contributed by atoms with E-state index in [0.29, 0.717) is 28.0 Å². The van der Waals surface area contributed by atoms with Crippen molar-refractivity contribution in [1.29, 1.82) is 0 Å². The largest absolute Gasteiger partial charge is 0.369 e. The number of nitrogens with one attached hydrogen (secondary N) is 2. The summed E-state index contributed by atoms with van der Waals surface area (Å²) in [5.74, 6) is 0.291. The third-order valence-corrected chi connectivity index (χ3v) is 6.30. The van der Waals surface area contributed by atoms with E-state index in [4.69, 9.17) is 28.9 Å². The fourth-order valence-corrected chi connectivity index (χ4v) is 4.71. The van der Waals surface area contributed by atoms with E-state index in [1.807, 2.05) is 48.5 Å². The Kier molecular flexibility index (Phi) is 5.29. The van der Waals surface area contributed by atoms with Crippen molar-refractivity contribution in [2.75, 3.05) is 31.2 Å². The number of H-pyrrole nitrogens is 1. The van der Waals surface area contributed by atoms with Crippen molar-refractivity contribution in [3.05, 3.63) is 102 Å². The highest BCUT2D eigenvalue weighted by Gasteiger charge is 2.36. The van der Waals surface area contributed by atoms with E-state index < -0.39 is 0 Å². The van der Waals surface area contributed by atoms with Crippen LogP contribution in [0.3, 0.4) is 0 Å². The first-order valence-corrected chi connectivity index (χ1v) is 10.9. The number of rotatable bonds is 2. The minimum absolute atomic E-state index is 0.0799. The third kappa shape index (κ3) is 3.81. The van der Waals surface area contributed by atoms with Gasteiger partial charge in [0.25, 0.3) is 5.56 Å². The molecule has 0 amide bonds. The minimum Gasteiger partial charge on any atom is -0.369 e. The number of benzene rings is 2. The molecule has 5 rings (SSSR count). The Morgan fingerprint density at radius 1 is 1.06 bits per heavy atom. The fraction of sp³-hybridized carbons (Fsp3) is 0.167. The normalized spacial score (nSPS) is 19.5. The van der Waals surface area contributed by atoms with Gasteiger partial charge >= 0.3 is 0 Å². The summed E-state index contributed by atoms with van der Waals surface area (Å²) in [6.45, 7) is 1.45. The van der Waals surface area contributed by atoms with Gasteiger partial charge in [-0.1, -0.05) is 47.5 Å². The molecular formula is C24H21Cl2N5O. The summed E-state index contributed by atoms with van der Waals surface area (Å²) >= 11 is 12.2. The fourth-order valence-electron chi connectivity index (χ4n) is 4.45. The van der Waals surface area contributed by atoms with E-state index >= 15 is 0 Å². The van der Waals surface area contributed by atoms with Crippen molar-refractivity contribution in [2.24, 2.45) is 0 Å². The maximum atomic E-state index is 13.0. The van der Waals surface area contributed by atoms with Crippen molar-refractivity contribution >= 4 is 41.0 Å². The van der Waals surface area contributed by atoms with Crippen molar-refractivity contribution in [3.8, 4) is 0 Å². The number of likely N-dealkylation sites (N-methyl/N-ethyl adjacent to an activating group) is 1. The molecule has 0 saturated carbocycles. The van der Waals surface area contributed by atoms with Gasteiger partial charge in [0.1, 0.15) is 5.82 Å². The lowest BCUT2D eigenvalue weighted by atomic mass is 9.79. The average molecular weight is 466 g/mol. The minimum atomic E-state index is -0.272. The van der Waals surface area contributed by atoms with Crippen LogP contribution in [0.4, 0.5) is 11.8 Å². The summed E-state index contributed by atoms with van der Waals surface area (Å²) in [4.78, 5) is 22.3. The summed E-state index contributed by atoms with van der Waals surface area (Å²) in [5.41, 5.74) is 11.4. The molecule has 0 radical (unpaired) electrons. The van der Waals surface area contributed by atoms with Crippen LogP contribution in [0, 0.1) is 0 Å². The highest BCUT2D eigenvalue weighted by molar-refractivity contribution is 6.30. The molecule has 0 bridgehead atoms. The third-order valence-electron chi connectivity index (χ3n) is 5.79. The summed E-state index contributed by atoms with van der Waals surface area (Å²) in [5, 5.41) is 4.75. The molecular weight excluding hydrogens is 445 g/mol. The van der Waals surface area contributed by atoms with Gasteiger partial charge in [0.15, 0.2) is 0 Å². The molecule has 8 heteroatoms. The van der Waals surface area contributed by atoms with E-state index in [1.165, 1.54) is 0 Å². The number of fused-ring (bicyclic) bond motifs is 1.